The van der Waals surface area contributed by atoms with E-state index in [4.69, 9.17) is 0 Å². The molecular formula is C9H7O3. The summed E-state index contributed by atoms with van der Waals surface area (Å²) in [5.74, 6) is -1.92. The van der Waals surface area contributed by atoms with Crippen molar-refractivity contribution in [3.8, 4) is 0 Å². The summed E-state index contributed by atoms with van der Waals surface area (Å²) < 4.78 is 0. The molecule has 0 aromatic heterocycles. The third kappa shape index (κ3) is 1.39. The van der Waals surface area contributed by atoms with Crippen LogP contribution in [0.25, 0.3) is 0 Å². The van der Waals surface area contributed by atoms with E-state index in [1.165, 1.54) is 0 Å². The minimum atomic E-state index is -1.10. The van der Waals surface area contributed by atoms with E-state index >= 15 is 0 Å². The van der Waals surface area contributed by atoms with Gasteiger partial charge >= 0.3 is 0 Å². The van der Waals surface area contributed by atoms with Gasteiger partial charge in [-0.15, -0.1) is 0 Å². The van der Waals surface area contributed by atoms with E-state index in [1.807, 2.05) is 0 Å². The van der Waals surface area contributed by atoms with Crippen LogP contribution in [0.3, 0.4) is 0 Å². The van der Waals surface area contributed by atoms with Crippen LogP contribution < -0.4 is 0 Å². The number of rotatable bonds is 3. The van der Waals surface area contributed by atoms with Crippen molar-refractivity contribution in [1.29, 1.82) is 0 Å². The summed E-state index contributed by atoms with van der Waals surface area (Å²) >= 11 is 0. The van der Waals surface area contributed by atoms with Gasteiger partial charge in [0, 0.05) is 11.5 Å². The van der Waals surface area contributed by atoms with Crippen molar-refractivity contribution in [3.63, 3.8) is 0 Å². The lowest BCUT2D eigenvalue weighted by Gasteiger charge is -2.02. The van der Waals surface area contributed by atoms with E-state index in [0.717, 1.165) is 6.29 Å². The number of ketones is 2. The number of Topliss-reactive ketones (excluding diaryl/α,β-unsaturated/α-hetero) is 2. The van der Waals surface area contributed by atoms with Gasteiger partial charge in [0.1, 0.15) is 0 Å². The second-order valence-electron chi connectivity index (χ2n) is 2.56. The van der Waals surface area contributed by atoms with Gasteiger partial charge in [0.15, 0.2) is 0 Å². The highest BCUT2D eigenvalue weighted by Gasteiger charge is 2.23. The number of carbonyl (C=O) groups excluding carboxylic acids is 3. The van der Waals surface area contributed by atoms with Crippen molar-refractivity contribution in [3.05, 3.63) is 23.8 Å². The number of hydrogen-bond acceptors (Lipinski definition) is 3. The summed E-state index contributed by atoms with van der Waals surface area (Å²) in [6.45, 7) is 1.78. The summed E-state index contributed by atoms with van der Waals surface area (Å²) in [7, 11) is 0. The molecule has 0 spiro atoms. The smallest absolute Gasteiger partial charge is 0.281 e. The van der Waals surface area contributed by atoms with E-state index in [-0.39, 0.29) is 5.92 Å². The zero-order valence-corrected chi connectivity index (χ0v) is 6.53. The fourth-order valence-corrected chi connectivity index (χ4v) is 1.04. The van der Waals surface area contributed by atoms with Gasteiger partial charge in [-0.05, 0) is 0 Å². The van der Waals surface area contributed by atoms with E-state index in [2.05, 4.69) is 0 Å². The lowest BCUT2D eigenvalue weighted by Crippen LogP contribution is -2.19. The molecule has 0 saturated heterocycles. The van der Waals surface area contributed by atoms with Gasteiger partial charge in [0.25, 0.3) is 12.1 Å². The summed E-state index contributed by atoms with van der Waals surface area (Å²) in [6, 6.07) is 0. The lowest BCUT2D eigenvalue weighted by molar-refractivity contribution is -0.130. The molecule has 0 N–H and O–H groups in total. The van der Waals surface area contributed by atoms with Crippen molar-refractivity contribution in [2.24, 2.45) is 5.92 Å². The van der Waals surface area contributed by atoms with Crippen molar-refractivity contribution < 1.29 is 14.4 Å². The topological polar surface area (TPSA) is 51.2 Å². The van der Waals surface area contributed by atoms with Crippen molar-refractivity contribution in [2.75, 3.05) is 0 Å². The maximum absolute atomic E-state index is 11.1. The molecule has 0 aliphatic heterocycles. The third-order valence-corrected chi connectivity index (χ3v) is 1.73. The molecule has 61 valence electrons. The molecule has 1 unspecified atom stereocenters. The summed E-state index contributed by atoms with van der Waals surface area (Å²) in [4.78, 5) is 31.5. The highest BCUT2D eigenvalue weighted by molar-refractivity contribution is 6.61. The molecule has 0 aromatic rings. The average Bonchev–Trinajstić information content (AvgIpc) is 2.48. The fraction of sp³-hybridized carbons (Fsp3) is 0.222. The predicted molar refractivity (Wildman–Crippen MR) is 42.1 cm³/mol. The molecule has 3 nitrogen and oxygen atoms in total. The first-order valence-electron chi connectivity index (χ1n) is 3.52. The van der Waals surface area contributed by atoms with Crippen LogP contribution in [0.15, 0.2) is 23.8 Å². The van der Waals surface area contributed by atoms with Crippen LogP contribution >= 0.6 is 0 Å². The Kier molecular flexibility index (Phi) is 2.33. The fourth-order valence-electron chi connectivity index (χ4n) is 1.04. The zero-order chi connectivity index (χ0) is 9.14. The largest absolute Gasteiger partial charge is 0.285 e. The van der Waals surface area contributed by atoms with Gasteiger partial charge < -0.3 is 0 Å². The molecule has 1 radical (unpaired) electrons. The molecule has 1 atom stereocenters. The molecule has 0 bridgehead atoms. The van der Waals surface area contributed by atoms with Crippen LogP contribution in [0, 0.1) is 5.92 Å². The molecule has 3 heteroatoms. The monoisotopic (exact) mass is 163 g/mol. The van der Waals surface area contributed by atoms with Crippen LogP contribution in [-0.4, -0.2) is 17.9 Å². The maximum Gasteiger partial charge on any atom is 0.281 e. The Morgan fingerprint density at radius 1 is 1.50 bits per heavy atom. The Morgan fingerprint density at radius 2 is 2.17 bits per heavy atom. The Labute approximate surface area is 69.8 Å². The van der Waals surface area contributed by atoms with Crippen LogP contribution in [0.4, 0.5) is 0 Å². The third-order valence-electron chi connectivity index (χ3n) is 1.73. The minimum Gasteiger partial charge on any atom is -0.285 e. The van der Waals surface area contributed by atoms with E-state index < -0.39 is 11.6 Å². The molecule has 0 fully saturated rings. The second kappa shape index (κ2) is 3.26. The van der Waals surface area contributed by atoms with Gasteiger partial charge in [-0.3, -0.25) is 14.4 Å². The maximum atomic E-state index is 11.1. The highest BCUT2D eigenvalue weighted by atomic mass is 16.2. The average molecular weight is 163 g/mol. The van der Waals surface area contributed by atoms with Crippen LogP contribution in [-0.2, 0) is 14.4 Å². The zero-order valence-electron chi connectivity index (χ0n) is 6.53. The Bertz CT molecular complexity index is 297. The first-order valence-corrected chi connectivity index (χ1v) is 3.52. The molecule has 0 amide bonds. The first kappa shape index (κ1) is 8.59. The molecule has 1 rings (SSSR count). The van der Waals surface area contributed by atoms with Gasteiger partial charge in [-0.1, -0.05) is 25.2 Å². The van der Waals surface area contributed by atoms with Crippen molar-refractivity contribution in [1.82, 2.24) is 0 Å². The van der Waals surface area contributed by atoms with E-state index in [0.29, 0.717) is 5.57 Å². The SMILES string of the molecule is CC1C=CC=C1C(=O)C(=O)[C]=O. The molecular weight excluding hydrogens is 156 g/mol. The van der Waals surface area contributed by atoms with Gasteiger partial charge in [0.05, 0.1) is 0 Å². The van der Waals surface area contributed by atoms with Gasteiger partial charge in [-0.2, -0.15) is 0 Å². The molecule has 12 heavy (non-hydrogen) atoms. The van der Waals surface area contributed by atoms with E-state index in [1.54, 1.807) is 25.2 Å². The van der Waals surface area contributed by atoms with Crippen molar-refractivity contribution >= 4 is 17.9 Å². The van der Waals surface area contributed by atoms with Crippen molar-refractivity contribution in [2.45, 2.75) is 6.92 Å². The lowest BCUT2D eigenvalue weighted by atomic mass is 9.99. The summed E-state index contributed by atoms with van der Waals surface area (Å²) in [5.41, 5.74) is 0.364. The molecule has 1 aliphatic carbocycles. The number of allylic oxidation sites excluding steroid dienone is 4. The van der Waals surface area contributed by atoms with E-state index in [9.17, 15) is 14.4 Å². The second-order valence-corrected chi connectivity index (χ2v) is 2.56. The van der Waals surface area contributed by atoms with Crippen LogP contribution in [0.1, 0.15) is 6.92 Å². The van der Waals surface area contributed by atoms with Crippen LogP contribution in [0.5, 0.6) is 0 Å². The number of hydrogen-bond donors (Lipinski definition) is 0. The van der Waals surface area contributed by atoms with Crippen LogP contribution in [0.2, 0.25) is 0 Å². The predicted octanol–water partition coefficient (Wildman–Crippen LogP) is 0.367. The van der Waals surface area contributed by atoms with Gasteiger partial charge in [0.2, 0.25) is 5.78 Å². The Morgan fingerprint density at radius 3 is 2.58 bits per heavy atom. The molecule has 0 heterocycles. The summed E-state index contributed by atoms with van der Waals surface area (Å²) in [6.07, 6.45) is 6.07. The molecule has 0 saturated carbocycles. The molecule has 1 aliphatic rings. The highest BCUT2D eigenvalue weighted by Crippen LogP contribution is 2.18. The summed E-state index contributed by atoms with van der Waals surface area (Å²) in [5, 5.41) is 0. The first-order chi connectivity index (χ1) is 5.66. The molecule has 0 aromatic carbocycles. The quantitative estimate of drug-likeness (QED) is 0.446. The van der Waals surface area contributed by atoms with Gasteiger partial charge in [-0.25, -0.2) is 0 Å². The minimum absolute atomic E-state index is 0.0743. The number of carbonyl (C=O) groups is 2. The standard InChI is InChI=1S/C9H7O3/c1-6-3-2-4-7(6)9(12)8(11)5-10/h2-4,6H,1H3. The normalized spacial score (nSPS) is 20.4. The Hall–Kier alpha value is -1.51. The Balaban J connectivity index is 2.80.